The van der Waals surface area contributed by atoms with Crippen LogP contribution in [0.5, 0.6) is 0 Å². The Morgan fingerprint density at radius 1 is 0.848 bits per heavy atom. The average molecular weight is 488 g/mol. The van der Waals surface area contributed by atoms with Crippen molar-refractivity contribution < 1.29 is 21.6 Å². The standard InChI is InChI=1S/C23H25N3O5S2/c1-17-8-7-9-20(16-17)25-33(30,31)22-14-12-19(13-15-22)24-23(27)18(2)26(32(3,28)29)21-10-5-4-6-11-21/h4-16,18,25H,1-3H3,(H,24,27)/t18-/m1/s1. The first-order valence-corrected chi connectivity index (χ1v) is 13.4. The summed E-state index contributed by atoms with van der Waals surface area (Å²) in [6, 6.07) is 19.9. The average Bonchev–Trinajstić information content (AvgIpc) is 2.73. The van der Waals surface area contributed by atoms with Crippen LogP contribution in [0.4, 0.5) is 17.1 Å². The van der Waals surface area contributed by atoms with Gasteiger partial charge in [0.2, 0.25) is 15.9 Å². The summed E-state index contributed by atoms with van der Waals surface area (Å²) in [5, 5.41) is 2.64. The van der Waals surface area contributed by atoms with Gasteiger partial charge in [0.05, 0.1) is 16.8 Å². The number of hydrogen-bond donors (Lipinski definition) is 2. The Hall–Kier alpha value is -3.37. The van der Waals surface area contributed by atoms with E-state index < -0.39 is 32.0 Å². The molecule has 0 bridgehead atoms. The zero-order valence-corrected chi connectivity index (χ0v) is 20.0. The van der Waals surface area contributed by atoms with Gasteiger partial charge in [-0.2, -0.15) is 0 Å². The molecule has 0 saturated carbocycles. The highest BCUT2D eigenvalue weighted by atomic mass is 32.2. The van der Waals surface area contributed by atoms with Crippen molar-refractivity contribution >= 4 is 43.0 Å². The highest BCUT2D eigenvalue weighted by molar-refractivity contribution is 7.92. The van der Waals surface area contributed by atoms with Crippen molar-refractivity contribution in [3.63, 3.8) is 0 Å². The molecule has 10 heteroatoms. The fourth-order valence-corrected chi connectivity index (χ4v) is 5.49. The molecule has 33 heavy (non-hydrogen) atoms. The highest BCUT2D eigenvalue weighted by Crippen LogP contribution is 2.22. The molecule has 8 nitrogen and oxygen atoms in total. The molecule has 1 atom stereocenters. The predicted octanol–water partition coefficient (Wildman–Crippen LogP) is 3.59. The molecule has 1 amide bonds. The maximum absolute atomic E-state index is 12.8. The Morgan fingerprint density at radius 2 is 1.48 bits per heavy atom. The van der Waals surface area contributed by atoms with Crippen LogP contribution < -0.4 is 14.3 Å². The van der Waals surface area contributed by atoms with E-state index in [9.17, 15) is 21.6 Å². The molecule has 0 aromatic heterocycles. The van der Waals surface area contributed by atoms with Crippen molar-refractivity contribution in [2.45, 2.75) is 24.8 Å². The van der Waals surface area contributed by atoms with Gasteiger partial charge in [-0.05, 0) is 67.9 Å². The van der Waals surface area contributed by atoms with Crippen LogP contribution in [0.15, 0.2) is 83.8 Å². The smallest absolute Gasteiger partial charge is 0.261 e. The Labute approximate surface area is 194 Å². The lowest BCUT2D eigenvalue weighted by Gasteiger charge is -2.28. The van der Waals surface area contributed by atoms with Gasteiger partial charge in [0.25, 0.3) is 10.0 Å². The Morgan fingerprint density at radius 3 is 2.06 bits per heavy atom. The summed E-state index contributed by atoms with van der Waals surface area (Å²) < 4.78 is 53.5. The van der Waals surface area contributed by atoms with Crippen molar-refractivity contribution in [1.82, 2.24) is 0 Å². The van der Waals surface area contributed by atoms with Gasteiger partial charge in [-0.15, -0.1) is 0 Å². The molecule has 0 aliphatic heterocycles. The molecule has 0 saturated heterocycles. The summed E-state index contributed by atoms with van der Waals surface area (Å²) in [6.45, 7) is 3.34. The molecular weight excluding hydrogens is 462 g/mol. The maximum Gasteiger partial charge on any atom is 0.261 e. The van der Waals surface area contributed by atoms with Crippen LogP contribution in [0.25, 0.3) is 0 Å². The number of nitrogens with one attached hydrogen (secondary N) is 2. The van der Waals surface area contributed by atoms with Gasteiger partial charge >= 0.3 is 0 Å². The van der Waals surface area contributed by atoms with Crippen LogP contribution in [0, 0.1) is 6.92 Å². The number of para-hydroxylation sites is 1. The van der Waals surface area contributed by atoms with E-state index in [1.165, 1.54) is 31.2 Å². The largest absolute Gasteiger partial charge is 0.324 e. The minimum Gasteiger partial charge on any atom is -0.324 e. The molecule has 0 unspecified atom stereocenters. The number of nitrogens with zero attached hydrogens (tertiary/aromatic N) is 1. The molecule has 0 heterocycles. The SMILES string of the molecule is Cc1cccc(NS(=O)(=O)c2ccc(NC(=O)[C@@H](C)N(c3ccccc3)S(C)(=O)=O)cc2)c1. The second kappa shape index (κ2) is 9.63. The van der Waals surface area contributed by atoms with Crippen LogP contribution in [-0.4, -0.2) is 35.0 Å². The molecule has 0 fully saturated rings. The number of benzene rings is 3. The fraction of sp³-hybridized carbons (Fsp3) is 0.174. The monoisotopic (exact) mass is 487 g/mol. The second-order valence-corrected chi connectivity index (χ2v) is 11.1. The number of aryl methyl sites for hydroxylation is 1. The first kappa shape index (κ1) is 24.3. The van der Waals surface area contributed by atoms with E-state index in [4.69, 9.17) is 0 Å². The minimum atomic E-state index is -3.81. The first-order valence-electron chi connectivity index (χ1n) is 10.0. The predicted molar refractivity (Wildman–Crippen MR) is 130 cm³/mol. The molecule has 0 aliphatic rings. The lowest BCUT2D eigenvalue weighted by atomic mass is 10.2. The first-order chi connectivity index (χ1) is 15.5. The topological polar surface area (TPSA) is 113 Å². The number of sulfonamides is 2. The van der Waals surface area contributed by atoms with Crippen molar-refractivity contribution in [3.8, 4) is 0 Å². The summed E-state index contributed by atoms with van der Waals surface area (Å²) in [6.07, 6.45) is 1.03. The third-order valence-electron chi connectivity index (χ3n) is 4.80. The lowest BCUT2D eigenvalue weighted by molar-refractivity contribution is -0.116. The van der Waals surface area contributed by atoms with E-state index in [0.717, 1.165) is 16.1 Å². The van der Waals surface area contributed by atoms with E-state index >= 15 is 0 Å². The molecule has 3 rings (SSSR count). The van der Waals surface area contributed by atoms with Crippen LogP contribution >= 0.6 is 0 Å². The van der Waals surface area contributed by atoms with E-state index in [1.807, 2.05) is 13.0 Å². The normalized spacial score (nSPS) is 12.6. The Kier molecular flexibility index (Phi) is 7.09. The van der Waals surface area contributed by atoms with Crippen LogP contribution in [0.1, 0.15) is 12.5 Å². The van der Waals surface area contributed by atoms with Gasteiger partial charge in [-0.1, -0.05) is 30.3 Å². The summed E-state index contributed by atoms with van der Waals surface area (Å²) in [5.74, 6) is -0.558. The summed E-state index contributed by atoms with van der Waals surface area (Å²) >= 11 is 0. The third kappa shape index (κ3) is 6.11. The van der Waals surface area contributed by atoms with E-state index in [-0.39, 0.29) is 4.90 Å². The molecule has 3 aromatic carbocycles. The molecule has 174 valence electrons. The second-order valence-electron chi connectivity index (χ2n) is 7.56. The van der Waals surface area contributed by atoms with Gasteiger partial charge in [-0.25, -0.2) is 16.8 Å². The number of anilines is 3. The number of rotatable bonds is 8. The number of carbonyl (C=O) groups is 1. The van der Waals surface area contributed by atoms with Crippen LogP contribution in [0.3, 0.4) is 0 Å². The van der Waals surface area contributed by atoms with Gasteiger partial charge in [0, 0.05) is 11.4 Å². The summed E-state index contributed by atoms with van der Waals surface area (Å²) in [4.78, 5) is 12.8. The van der Waals surface area contributed by atoms with E-state index in [2.05, 4.69) is 10.0 Å². The Balaban J connectivity index is 1.75. The van der Waals surface area contributed by atoms with Gasteiger partial charge in [0.15, 0.2) is 0 Å². The minimum absolute atomic E-state index is 0.0251. The van der Waals surface area contributed by atoms with Gasteiger partial charge in [0.1, 0.15) is 6.04 Å². The van der Waals surface area contributed by atoms with Crippen molar-refractivity contribution in [1.29, 1.82) is 0 Å². The quantitative estimate of drug-likeness (QED) is 0.504. The van der Waals surface area contributed by atoms with Crippen LogP contribution in [0.2, 0.25) is 0 Å². The van der Waals surface area contributed by atoms with Crippen molar-refractivity contribution in [3.05, 3.63) is 84.4 Å². The number of carbonyl (C=O) groups excluding carboxylic acids is 1. The molecule has 0 spiro atoms. The number of hydrogen-bond acceptors (Lipinski definition) is 5. The maximum atomic E-state index is 12.8. The van der Waals surface area contributed by atoms with Gasteiger partial charge < -0.3 is 5.32 Å². The van der Waals surface area contributed by atoms with Crippen LogP contribution in [-0.2, 0) is 24.8 Å². The number of amides is 1. The fourth-order valence-electron chi connectivity index (χ4n) is 3.27. The van der Waals surface area contributed by atoms with E-state index in [1.54, 1.807) is 48.5 Å². The van der Waals surface area contributed by atoms with Crippen molar-refractivity contribution in [2.75, 3.05) is 20.6 Å². The lowest BCUT2D eigenvalue weighted by Crippen LogP contribution is -2.45. The zero-order valence-electron chi connectivity index (χ0n) is 18.4. The summed E-state index contributed by atoms with van der Waals surface area (Å²) in [7, 11) is -7.54. The van der Waals surface area contributed by atoms with Gasteiger partial charge in [-0.3, -0.25) is 13.8 Å². The zero-order chi connectivity index (χ0) is 24.2. The molecule has 0 aliphatic carbocycles. The molecule has 0 radical (unpaired) electrons. The highest BCUT2D eigenvalue weighted by Gasteiger charge is 2.29. The van der Waals surface area contributed by atoms with E-state index in [0.29, 0.717) is 17.1 Å². The Bertz CT molecular complexity index is 1340. The molecule has 2 N–H and O–H groups in total. The molecular formula is C23H25N3O5S2. The molecule has 3 aromatic rings. The third-order valence-corrected chi connectivity index (χ3v) is 7.44. The summed E-state index contributed by atoms with van der Waals surface area (Å²) in [5.41, 5.74) is 2.07. The van der Waals surface area contributed by atoms with Crippen molar-refractivity contribution in [2.24, 2.45) is 0 Å².